The van der Waals surface area contributed by atoms with Crippen LogP contribution in [0.1, 0.15) is 53.0 Å². The molecule has 0 aliphatic carbocycles. The first-order valence-corrected chi connectivity index (χ1v) is 7.51. The largest absolute Gasteiger partial charge is 0.372 e. The van der Waals surface area contributed by atoms with Gasteiger partial charge >= 0.3 is 0 Å². The highest BCUT2D eigenvalue weighted by atomic mass is 19.1. The molecule has 1 aromatic carbocycles. The van der Waals surface area contributed by atoms with Crippen LogP contribution in [0.15, 0.2) is 18.2 Å². The summed E-state index contributed by atoms with van der Waals surface area (Å²) in [7, 11) is 2.09. The molecule has 20 heavy (non-hydrogen) atoms. The molecule has 1 N–H and O–H groups in total. The van der Waals surface area contributed by atoms with Crippen molar-refractivity contribution in [3.05, 3.63) is 29.6 Å². The van der Waals surface area contributed by atoms with Crippen LogP contribution in [-0.2, 0) is 6.54 Å². The topological polar surface area (TPSA) is 15.3 Å². The molecule has 1 unspecified atom stereocenters. The molecule has 0 saturated carbocycles. The van der Waals surface area contributed by atoms with E-state index in [2.05, 4.69) is 51.9 Å². The smallest absolute Gasteiger partial charge is 0.123 e. The van der Waals surface area contributed by atoms with Crippen molar-refractivity contribution in [2.75, 3.05) is 11.9 Å². The average Bonchev–Trinajstić information content (AvgIpc) is 2.35. The third-order valence-corrected chi connectivity index (χ3v) is 3.60. The third kappa shape index (κ3) is 5.12. The van der Waals surface area contributed by atoms with Gasteiger partial charge in [-0.2, -0.15) is 0 Å². The minimum atomic E-state index is -0.170. The van der Waals surface area contributed by atoms with Crippen LogP contribution in [0, 0.1) is 5.82 Å². The van der Waals surface area contributed by atoms with Gasteiger partial charge in [0, 0.05) is 30.9 Å². The van der Waals surface area contributed by atoms with Crippen molar-refractivity contribution < 1.29 is 4.39 Å². The lowest BCUT2D eigenvalue weighted by Gasteiger charge is -2.30. The number of nitrogens with zero attached hydrogens (tertiary/aromatic N) is 1. The number of anilines is 1. The Morgan fingerprint density at radius 2 is 1.95 bits per heavy atom. The summed E-state index contributed by atoms with van der Waals surface area (Å²) in [6, 6.07) is 5.54. The van der Waals surface area contributed by atoms with Crippen LogP contribution < -0.4 is 10.2 Å². The van der Waals surface area contributed by atoms with Gasteiger partial charge in [0.25, 0.3) is 0 Å². The molecule has 114 valence electrons. The predicted octanol–water partition coefficient (Wildman–Crippen LogP) is 4.34. The quantitative estimate of drug-likeness (QED) is 0.834. The molecule has 0 aliphatic rings. The summed E-state index contributed by atoms with van der Waals surface area (Å²) < 4.78 is 13.5. The molecular weight excluding hydrogens is 251 g/mol. The first-order valence-electron chi connectivity index (χ1n) is 7.51. The second kappa shape index (κ2) is 7.07. The molecule has 1 aromatic rings. The lowest BCUT2D eigenvalue weighted by Crippen LogP contribution is -2.36. The zero-order valence-corrected chi connectivity index (χ0v) is 13.8. The Labute approximate surface area is 123 Å². The van der Waals surface area contributed by atoms with Gasteiger partial charge in [0.2, 0.25) is 0 Å². The van der Waals surface area contributed by atoms with Gasteiger partial charge in [0.1, 0.15) is 5.82 Å². The Morgan fingerprint density at radius 3 is 2.50 bits per heavy atom. The van der Waals surface area contributed by atoms with Gasteiger partial charge in [0.05, 0.1) is 0 Å². The zero-order chi connectivity index (χ0) is 15.3. The van der Waals surface area contributed by atoms with Crippen molar-refractivity contribution in [3.63, 3.8) is 0 Å². The molecule has 1 atom stereocenters. The fraction of sp³-hybridized carbons (Fsp3) is 0.647. The minimum absolute atomic E-state index is 0.0250. The Balaban J connectivity index is 2.94. The molecule has 2 nitrogen and oxygen atoms in total. The van der Waals surface area contributed by atoms with E-state index in [1.165, 1.54) is 0 Å². The molecule has 3 heteroatoms. The van der Waals surface area contributed by atoms with Crippen LogP contribution in [0.2, 0.25) is 0 Å². The number of halogens is 1. The fourth-order valence-corrected chi connectivity index (χ4v) is 2.25. The van der Waals surface area contributed by atoms with Gasteiger partial charge < -0.3 is 10.2 Å². The van der Waals surface area contributed by atoms with E-state index in [1.54, 1.807) is 12.1 Å². The minimum Gasteiger partial charge on any atom is -0.372 e. The summed E-state index contributed by atoms with van der Waals surface area (Å²) in [5.74, 6) is -0.170. The molecule has 0 radical (unpaired) electrons. The maximum atomic E-state index is 13.5. The Kier molecular flexibility index (Phi) is 6.00. The van der Waals surface area contributed by atoms with E-state index in [0.717, 1.165) is 24.1 Å². The summed E-state index contributed by atoms with van der Waals surface area (Å²) >= 11 is 0. The first kappa shape index (κ1) is 17.0. The van der Waals surface area contributed by atoms with Crippen LogP contribution in [0.25, 0.3) is 0 Å². The molecule has 0 saturated heterocycles. The lowest BCUT2D eigenvalue weighted by atomic mass is 10.1. The van der Waals surface area contributed by atoms with Crippen LogP contribution in [0.5, 0.6) is 0 Å². The van der Waals surface area contributed by atoms with Crippen LogP contribution in [0.4, 0.5) is 10.1 Å². The van der Waals surface area contributed by atoms with E-state index in [0.29, 0.717) is 12.6 Å². The number of benzene rings is 1. The van der Waals surface area contributed by atoms with Crippen LogP contribution >= 0.6 is 0 Å². The summed E-state index contributed by atoms with van der Waals surface area (Å²) in [6.07, 6.45) is 2.29. The van der Waals surface area contributed by atoms with E-state index in [-0.39, 0.29) is 11.4 Å². The number of rotatable bonds is 6. The number of hydrogen-bond acceptors (Lipinski definition) is 2. The average molecular weight is 280 g/mol. The van der Waals surface area contributed by atoms with E-state index >= 15 is 0 Å². The van der Waals surface area contributed by atoms with Gasteiger partial charge in [-0.3, -0.25) is 0 Å². The molecule has 1 rings (SSSR count). The van der Waals surface area contributed by atoms with Crippen molar-refractivity contribution in [2.45, 2.75) is 65.6 Å². The predicted molar refractivity (Wildman–Crippen MR) is 85.8 cm³/mol. The maximum absolute atomic E-state index is 13.5. The second-order valence-electron chi connectivity index (χ2n) is 6.63. The molecular formula is C17H29FN2. The molecule has 0 aromatic heterocycles. The van der Waals surface area contributed by atoms with E-state index in [9.17, 15) is 4.39 Å². The van der Waals surface area contributed by atoms with E-state index in [1.807, 2.05) is 6.07 Å². The Bertz CT molecular complexity index is 423. The van der Waals surface area contributed by atoms with Gasteiger partial charge in [0.15, 0.2) is 0 Å². The van der Waals surface area contributed by atoms with Gasteiger partial charge in [-0.1, -0.05) is 13.3 Å². The molecule has 0 bridgehead atoms. The molecule has 0 fully saturated rings. The van der Waals surface area contributed by atoms with Crippen molar-refractivity contribution >= 4 is 5.69 Å². The highest BCUT2D eigenvalue weighted by Crippen LogP contribution is 2.24. The monoisotopic (exact) mass is 280 g/mol. The standard InChI is InChI=1S/C17H29FN2/c1-7-8-13(2)20(6)16-10-9-15(18)11-14(16)12-19-17(3,4)5/h9-11,13,19H,7-8,12H2,1-6H3. The maximum Gasteiger partial charge on any atom is 0.123 e. The van der Waals surface area contributed by atoms with Crippen molar-refractivity contribution in [1.29, 1.82) is 0 Å². The van der Waals surface area contributed by atoms with Crippen LogP contribution in [-0.4, -0.2) is 18.6 Å². The van der Waals surface area contributed by atoms with Crippen LogP contribution in [0.3, 0.4) is 0 Å². The molecule has 0 heterocycles. The van der Waals surface area contributed by atoms with E-state index < -0.39 is 0 Å². The second-order valence-corrected chi connectivity index (χ2v) is 6.63. The first-order chi connectivity index (χ1) is 9.24. The highest BCUT2D eigenvalue weighted by molar-refractivity contribution is 5.54. The van der Waals surface area contributed by atoms with E-state index in [4.69, 9.17) is 0 Å². The summed E-state index contributed by atoms with van der Waals surface area (Å²) in [6.45, 7) is 11.4. The van der Waals surface area contributed by atoms with Crippen molar-refractivity contribution in [2.24, 2.45) is 0 Å². The van der Waals surface area contributed by atoms with Gasteiger partial charge in [-0.15, -0.1) is 0 Å². The van der Waals surface area contributed by atoms with Gasteiger partial charge in [-0.25, -0.2) is 4.39 Å². The summed E-state index contributed by atoms with van der Waals surface area (Å²) in [4.78, 5) is 2.25. The normalized spacial score (nSPS) is 13.3. The lowest BCUT2D eigenvalue weighted by molar-refractivity contribution is 0.423. The van der Waals surface area contributed by atoms with Crippen molar-refractivity contribution in [1.82, 2.24) is 5.32 Å². The molecule has 0 amide bonds. The SMILES string of the molecule is CCCC(C)N(C)c1ccc(F)cc1CNC(C)(C)C. The molecule has 0 spiro atoms. The summed E-state index contributed by atoms with van der Waals surface area (Å²) in [5.41, 5.74) is 2.16. The fourth-order valence-electron chi connectivity index (χ4n) is 2.25. The summed E-state index contributed by atoms with van der Waals surface area (Å²) in [5, 5.41) is 3.44. The van der Waals surface area contributed by atoms with Gasteiger partial charge in [-0.05, 0) is 57.9 Å². The van der Waals surface area contributed by atoms with Crippen molar-refractivity contribution in [3.8, 4) is 0 Å². The Hall–Kier alpha value is -1.09. The highest BCUT2D eigenvalue weighted by Gasteiger charge is 2.16. The Morgan fingerprint density at radius 1 is 1.30 bits per heavy atom. The number of nitrogens with one attached hydrogen (secondary N) is 1. The zero-order valence-electron chi connectivity index (χ0n) is 13.8. The third-order valence-electron chi connectivity index (χ3n) is 3.60. The number of hydrogen-bond donors (Lipinski definition) is 1. The molecule has 0 aliphatic heterocycles.